The number of carbonyl (C=O) groups is 2. The highest BCUT2D eigenvalue weighted by molar-refractivity contribution is 6.31. The van der Waals surface area contributed by atoms with Gasteiger partial charge in [0, 0.05) is 21.8 Å². The minimum Gasteiger partial charge on any atom is -0.478 e. The summed E-state index contributed by atoms with van der Waals surface area (Å²) in [6, 6.07) is 20.8. The summed E-state index contributed by atoms with van der Waals surface area (Å²) in [5.74, 6) is -1.35. The molecule has 0 aliphatic rings. The van der Waals surface area contributed by atoms with Crippen LogP contribution in [0.2, 0.25) is 10.0 Å². The number of carboxylic acid groups (broad SMARTS) is 1. The number of hydrogen-bond donors (Lipinski definition) is 2. The van der Waals surface area contributed by atoms with E-state index in [9.17, 15) is 9.59 Å². The summed E-state index contributed by atoms with van der Waals surface area (Å²) in [5.41, 5.74) is 3.45. The monoisotopic (exact) mass is 437 g/mol. The van der Waals surface area contributed by atoms with Crippen molar-refractivity contribution in [2.45, 2.75) is 0 Å². The van der Waals surface area contributed by atoms with E-state index in [1.165, 1.54) is 30.3 Å². The molecule has 0 saturated heterocycles. The number of allylic oxidation sites excluding steroid dienone is 2. The molecule has 0 spiro atoms. The first kappa shape index (κ1) is 21.4. The Morgan fingerprint density at radius 2 is 1.20 bits per heavy atom. The molecule has 0 saturated carbocycles. The van der Waals surface area contributed by atoms with Crippen LogP contribution in [0.1, 0.15) is 21.5 Å². The molecule has 0 fully saturated rings. The predicted molar refractivity (Wildman–Crippen MR) is 121 cm³/mol. The van der Waals surface area contributed by atoms with Gasteiger partial charge in [-0.1, -0.05) is 59.6 Å². The maximum absolute atomic E-state index is 12.2. The van der Waals surface area contributed by atoms with Crippen molar-refractivity contribution < 1.29 is 14.7 Å². The van der Waals surface area contributed by atoms with Crippen molar-refractivity contribution in [1.82, 2.24) is 0 Å². The van der Waals surface area contributed by atoms with E-state index in [1.807, 2.05) is 30.3 Å². The Bertz CT molecular complexity index is 1050. The van der Waals surface area contributed by atoms with Crippen LogP contribution in [0.3, 0.4) is 0 Å². The van der Waals surface area contributed by atoms with Crippen LogP contribution < -0.4 is 5.32 Å². The van der Waals surface area contributed by atoms with Crippen LogP contribution in [0.5, 0.6) is 0 Å². The summed E-state index contributed by atoms with van der Waals surface area (Å²) in [6.45, 7) is 0. The number of hydrogen-bond acceptors (Lipinski definition) is 2. The summed E-state index contributed by atoms with van der Waals surface area (Å²) >= 11 is 12.0. The molecule has 150 valence electrons. The largest absolute Gasteiger partial charge is 0.478 e. The molecule has 0 aromatic heterocycles. The van der Waals surface area contributed by atoms with E-state index < -0.39 is 5.97 Å². The lowest BCUT2D eigenvalue weighted by atomic mass is 9.97. The fraction of sp³-hybridized carbons (Fsp3) is 0. The van der Waals surface area contributed by atoms with Gasteiger partial charge in [0.15, 0.2) is 0 Å². The smallest absolute Gasteiger partial charge is 0.335 e. The highest BCUT2D eigenvalue weighted by Crippen LogP contribution is 2.26. The summed E-state index contributed by atoms with van der Waals surface area (Å²) in [5, 5.41) is 12.9. The maximum Gasteiger partial charge on any atom is 0.335 e. The van der Waals surface area contributed by atoms with Gasteiger partial charge in [0.25, 0.3) is 0 Å². The predicted octanol–water partition coefficient (Wildman–Crippen LogP) is 6.32. The van der Waals surface area contributed by atoms with E-state index in [1.54, 1.807) is 30.3 Å². The summed E-state index contributed by atoms with van der Waals surface area (Å²) in [6.07, 6.45) is 4.88. The van der Waals surface area contributed by atoms with E-state index in [-0.39, 0.29) is 11.5 Å². The number of halogens is 2. The first-order chi connectivity index (χ1) is 14.4. The second-order valence-corrected chi connectivity index (χ2v) is 7.20. The third-order valence-corrected chi connectivity index (χ3v) is 4.72. The number of carboxylic acids is 1. The molecule has 0 bridgehead atoms. The van der Waals surface area contributed by atoms with Gasteiger partial charge in [-0.15, -0.1) is 0 Å². The SMILES string of the molecule is O=C(C=CC=C(c1ccc(Cl)cc1)c1ccc(Cl)cc1)Nc1ccc(C(=O)O)cc1. The molecule has 30 heavy (non-hydrogen) atoms. The maximum atomic E-state index is 12.2. The molecule has 6 heteroatoms. The highest BCUT2D eigenvalue weighted by Gasteiger charge is 2.06. The van der Waals surface area contributed by atoms with Gasteiger partial charge in [0.1, 0.15) is 0 Å². The zero-order valence-electron chi connectivity index (χ0n) is 15.7. The average molecular weight is 438 g/mol. The molecule has 0 aliphatic heterocycles. The molecule has 1 amide bonds. The Balaban J connectivity index is 1.79. The number of carbonyl (C=O) groups excluding carboxylic acids is 1. The summed E-state index contributed by atoms with van der Waals surface area (Å²) in [4.78, 5) is 23.1. The number of anilines is 1. The van der Waals surface area contributed by atoms with Crippen LogP contribution >= 0.6 is 23.2 Å². The zero-order chi connectivity index (χ0) is 21.5. The van der Waals surface area contributed by atoms with Crippen molar-refractivity contribution in [3.63, 3.8) is 0 Å². The molecule has 3 aromatic rings. The number of nitrogens with one attached hydrogen (secondary N) is 1. The van der Waals surface area contributed by atoms with E-state index >= 15 is 0 Å². The van der Waals surface area contributed by atoms with E-state index in [2.05, 4.69) is 5.32 Å². The first-order valence-corrected chi connectivity index (χ1v) is 9.72. The minimum absolute atomic E-state index is 0.155. The summed E-state index contributed by atoms with van der Waals surface area (Å²) < 4.78 is 0. The molecule has 0 atom stereocenters. The number of amides is 1. The fourth-order valence-electron chi connectivity index (χ4n) is 2.73. The molecule has 0 unspecified atom stereocenters. The van der Waals surface area contributed by atoms with Crippen LogP contribution in [0.25, 0.3) is 5.57 Å². The van der Waals surface area contributed by atoms with Gasteiger partial charge in [-0.05, 0) is 65.2 Å². The molecule has 0 radical (unpaired) electrons. The zero-order valence-corrected chi connectivity index (χ0v) is 17.2. The van der Waals surface area contributed by atoms with Gasteiger partial charge in [0.2, 0.25) is 5.91 Å². The third-order valence-electron chi connectivity index (χ3n) is 4.22. The highest BCUT2D eigenvalue weighted by atomic mass is 35.5. The van der Waals surface area contributed by atoms with E-state index in [4.69, 9.17) is 28.3 Å². The Morgan fingerprint density at radius 1 is 0.733 bits per heavy atom. The van der Waals surface area contributed by atoms with Crippen LogP contribution in [-0.4, -0.2) is 17.0 Å². The number of aromatic carboxylic acids is 1. The van der Waals surface area contributed by atoms with Crippen molar-refractivity contribution >= 4 is 46.3 Å². The van der Waals surface area contributed by atoms with Crippen molar-refractivity contribution in [3.05, 3.63) is 118 Å². The molecule has 4 nitrogen and oxygen atoms in total. The fourth-order valence-corrected chi connectivity index (χ4v) is 2.98. The van der Waals surface area contributed by atoms with Crippen molar-refractivity contribution in [2.75, 3.05) is 5.32 Å². The Hall–Kier alpha value is -3.34. The Labute approximate surface area is 184 Å². The van der Waals surface area contributed by atoms with Gasteiger partial charge in [-0.2, -0.15) is 0 Å². The first-order valence-electron chi connectivity index (χ1n) is 8.97. The normalized spacial score (nSPS) is 10.6. The quantitative estimate of drug-likeness (QED) is 0.350. The summed E-state index contributed by atoms with van der Waals surface area (Å²) in [7, 11) is 0. The van der Waals surface area contributed by atoms with Crippen molar-refractivity contribution in [3.8, 4) is 0 Å². The average Bonchev–Trinajstić information content (AvgIpc) is 2.73. The standard InChI is InChI=1S/C24H17Cl2NO3/c25-19-10-4-16(5-11-19)22(17-6-12-20(26)13-7-17)2-1-3-23(28)27-21-14-8-18(9-15-21)24(29)30/h1-15H,(H,27,28)(H,29,30). The molecule has 3 rings (SSSR count). The molecular weight excluding hydrogens is 421 g/mol. The molecule has 0 aliphatic carbocycles. The molecule has 0 heterocycles. The second kappa shape index (κ2) is 9.92. The molecule has 2 N–H and O–H groups in total. The molecular formula is C24H17Cl2NO3. The Morgan fingerprint density at radius 3 is 1.67 bits per heavy atom. The van der Waals surface area contributed by atoms with Gasteiger partial charge < -0.3 is 10.4 Å². The lowest BCUT2D eigenvalue weighted by molar-refractivity contribution is -0.111. The third kappa shape index (κ3) is 5.83. The van der Waals surface area contributed by atoms with Crippen LogP contribution in [0.15, 0.2) is 91.0 Å². The van der Waals surface area contributed by atoms with Gasteiger partial charge in [-0.25, -0.2) is 4.79 Å². The van der Waals surface area contributed by atoms with Crippen molar-refractivity contribution in [2.24, 2.45) is 0 Å². The lowest BCUT2D eigenvalue weighted by Crippen LogP contribution is -2.08. The van der Waals surface area contributed by atoms with E-state index in [0.29, 0.717) is 15.7 Å². The number of rotatable bonds is 6. The van der Waals surface area contributed by atoms with Gasteiger partial charge >= 0.3 is 5.97 Å². The minimum atomic E-state index is -1.02. The molecule has 3 aromatic carbocycles. The van der Waals surface area contributed by atoms with Gasteiger partial charge in [0.05, 0.1) is 5.56 Å². The number of benzene rings is 3. The van der Waals surface area contributed by atoms with Gasteiger partial charge in [-0.3, -0.25) is 4.79 Å². The Kier molecular flexibility index (Phi) is 7.07. The van der Waals surface area contributed by atoms with Crippen LogP contribution in [-0.2, 0) is 4.79 Å². The van der Waals surface area contributed by atoms with E-state index in [0.717, 1.165) is 16.7 Å². The second-order valence-electron chi connectivity index (χ2n) is 6.32. The topological polar surface area (TPSA) is 66.4 Å². The lowest BCUT2D eigenvalue weighted by Gasteiger charge is -2.08. The van der Waals surface area contributed by atoms with Crippen molar-refractivity contribution in [1.29, 1.82) is 0 Å². The van der Waals surface area contributed by atoms with Crippen LogP contribution in [0, 0.1) is 0 Å². The van der Waals surface area contributed by atoms with Crippen LogP contribution in [0.4, 0.5) is 5.69 Å².